The molecule has 2 rings (SSSR count). The fraction of sp³-hybridized carbons (Fsp3) is 0.943. The molecule has 0 unspecified atom stereocenters. The summed E-state index contributed by atoms with van der Waals surface area (Å²) in [4.78, 5) is 26.3. The molecular formula is C35H68N2O6. The van der Waals surface area contributed by atoms with E-state index < -0.39 is 11.2 Å². The number of rotatable bonds is 17. The van der Waals surface area contributed by atoms with Crippen molar-refractivity contribution in [3.63, 3.8) is 0 Å². The van der Waals surface area contributed by atoms with Gasteiger partial charge in [0.1, 0.15) is 13.2 Å². The molecule has 0 aromatic rings. The van der Waals surface area contributed by atoms with Crippen molar-refractivity contribution in [1.29, 1.82) is 0 Å². The first kappa shape index (κ1) is 39.8. The Morgan fingerprint density at radius 1 is 0.767 bits per heavy atom. The number of esters is 2. The van der Waals surface area contributed by atoms with Crippen molar-refractivity contribution in [2.45, 2.75) is 126 Å². The third-order valence-electron chi connectivity index (χ3n) is 8.14. The van der Waals surface area contributed by atoms with E-state index in [1.54, 1.807) is 13.8 Å². The van der Waals surface area contributed by atoms with Crippen LogP contribution in [0.2, 0.25) is 0 Å². The zero-order valence-electron chi connectivity index (χ0n) is 29.4. The summed E-state index contributed by atoms with van der Waals surface area (Å²) in [6.07, 6.45) is 11.1. The van der Waals surface area contributed by atoms with Crippen LogP contribution in [0.1, 0.15) is 120 Å². The van der Waals surface area contributed by atoms with Crippen molar-refractivity contribution >= 4 is 11.9 Å². The molecule has 0 amide bonds. The maximum Gasteiger partial charge on any atom is 0.311 e. The number of ether oxygens (including phenoxy) is 4. The zero-order chi connectivity index (χ0) is 32.3. The van der Waals surface area contributed by atoms with Gasteiger partial charge in [-0.3, -0.25) is 9.59 Å². The van der Waals surface area contributed by atoms with E-state index in [0.29, 0.717) is 6.42 Å². The van der Waals surface area contributed by atoms with Crippen LogP contribution in [0.5, 0.6) is 0 Å². The van der Waals surface area contributed by atoms with Crippen LogP contribution in [0.15, 0.2) is 0 Å². The van der Waals surface area contributed by atoms with Gasteiger partial charge in [-0.05, 0) is 117 Å². The van der Waals surface area contributed by atoms with E-state index in [1.165, 1.54) is 64.5 Å². The minimum atomic E-state index is -0.849. The van der Waals surface area contributed by atoms with Gasteiger partial charge in [0.2, 0.25) is 0 Å². The fourth-order valence-corrected chi connectivity index (χ4v) is 5.75. The van der Waals surface area contributed by atoms with E-state index in [0.717, 1.165) is 43.3 Å². The summed E-state index contributed by atoms with van der Waals surface area (Å²) < 4.78 is 21.8. The Labute approximate surface area is 264 Å². The van der Waals surface area contributed by atoms with Gasteiger partial charge in [-0.25, -0.2) is 0 Å². The Morgan fingerprint density at radius 3 is 1.77 bits per heavy atom. The van der Waals surface area contributed by atoms with Crippen molar-refractivity contribution in [3.8, 4) is 0 Å². The van der Waals surface area contributed by atoms with Crippen LogP contribution in [0.3, 0.4) is 0 Å². The summed E-state index contributed by atoms with van der Waals surface area (Å²) >= 11 is 0. The van der Waals surface area contributed by atoms with Crippen molar-refractivity contribution in [3.05, 3.63) is 0 Å². The Balaban J connectivity index is 0.00000117. The quantitative estimate of drug-likeness (QED) is 0.108. The first-order valence-electron chi connectivity index (χ1n) is 17.2. The number of likely N-dealkylation sites (tertiary alicyclic amines) is 1. The largest absolute Gasteiger partial charge is 0.463 e. The molecule has 2 aliphatic heterocycles. The van der Waals surface area contributed by atoms with Gasteiger partial charge in [0.15, 0.2) is 5.79 Å². The van der Waals surface area contributed by atoms with Gasteiger partial charge in [-0.2, -0.15) is 0 Å². The van der Waals surface area contributed by atoms with E-state index in [2.05, 4.69) is 37.9 Å². The molecule has 0 aromatic carbocycles. The standard InChI is InChI=1S/C28H52N2O6.C7H16/c1-27(2,3)26(32)34-20-22-36-28(4,5)35-21-19-33-25(31)13-18-30-16-11-24(12-17-30)8-6-7-23-9-14-29-15-10-23;1-6(2)5-7(3)4/h23-24,29H,6-22H2,1-5H3;6-7H,5H2,1-4H3. The highest BCUT2D eigenvalue weighted by molar-refractivity contribution is 5.75. The van der Waals surface area contributed by atoms with Crippen molar-refractivity contribution < 1.29 is 28.5 Å². The summed E-state index contributed by atoms with van der Waals surface area (Å²) in [7, 11) is 0. The molecule has 0 radical (unpaired) electrons. The molecule has 2 saturated heterocycles. The maximum atomic E-state index is 12.1. The van der Waals surface area contributed by atoms with Crippen molar-refractivity contribution in [2.24, 2.45) is 29.1 Å². The minimum Gasteiger partial charge on any atom is -0.463 e. The van der Waals surface area contributed by atoms with Gasteiger partial charge >= 0.3 is 11.9 Å². The van der Waals surface area contributed by atoms with Gasteiger partial charge in [0, 0.05) is 6.54 Å². The number of nitrogens with one attached hydrogen (secondary N) is 1. The lowest BCUT2D eigenvalue weighted by Gasteiger charge is -2.32. The summed E-state index contributed by atoms with van der Waals surface area (Å²) in [6.45, 7) is 24.3. The van der Waals surface area contributed by atoms with Gasteiger partial charge in [-0.1, -0.05) is 47.0 Å². The maximum absolute atomic E-state index is 12.1. The Morgan fingerprint density at radius 2 is 1.28 bits per heavy atom. The van der Waals surface area contributed by atoms with Crippen molar-refractivity contribution in [2.75, 3.05) is 59.2 Å². The molecule has 8 nitrogen and oxygen atoms in total. The van der Waals surface area contributed by atoms with Crippen LogP contribution in [0.25, 0.3) is 0 Å². The van der Waals surface area contributed by atoms with E-state index >= 15 is 0 Å². The molecule has 0 aromatic heterocycles. The second kappa shape index (κ2) is 21.5. The number of carbonyl (C=O) groups excluding carboxylic acids is 2. The lowest BCUT2D eigenvalue weighted by atomic mass is 9.87. The summed E-state index contributed by atoms with van der Waals surface area (Å²) in [5.74, 6) is 2.24. The van der Waals surface area contributed by atoms with E-state index in [-0.39, 0.29) is 38.4 Å². The molecule has 0 bridgehead atoms. The van der Waals surface area contributed by atoms with Crippen LogP contribution in [-0.2, 0) is 28.5 Å². The highest BCUT2D eigenvalue weighted by atomic mass is 16.7. The molecule has 1 N–H and O–H groups in total. The number of hydrogen-bond donors (Lipinski definition) is 1. The number of piperidine rings is 2. The predicted octanol–water partition coefficient (Wildman–Crippen LogP) is 6.85. The van der Waals surface area contributed by atoms with Gasteiger partial charge < -0.3 is 29.2 Å². The lowest BCUT2D eigenvalue weighted by molar-refractivity contribution is -0.224. The third-order valence-corrected chi connectivity index (χ3v) is 8.14. The minimum absolute atomic E-state index is 0.174. The SMILES string of the molecule is CC(C)(OCCOC(=O)CCN1CCC(CCCC2CCNCC2)CC1)OCCOC(=O)C(C)(C)C.CC(C)CC(C)C. The van der Waals surface area contributed by atoms with Gasteiger partial charge in [-0.15, -0.1) is 0 Å². The van der Waals surface area contributed by atoms with Crippen molar-refractivity contribution in [1.82, 2.24) is 10.2 Å². The highest BCUT2D eigenvalue weighted by Gasteiger charge is 2.24. The zero-order valence-corrected chi connectivity index (χ0v) is 29.4. The smallest absolute Gasteiger partial charge is 0.311 e. The highest BCUT2D eigenvalue weighted by Crippen LogP contribution is 2.26. The number of hydrogen-bond acceptors (Lipinski definition) is 8. The molecule has 0 saturated carbocycles. The second-order valence-electron chi connectivity index (χ2n) is 14.9. The van der Waals surface area contributed by atoms with Crippen LogP contribution in [-0.4, -0.2) is 81.8 Å². The van der Waals surface area contributed by atoms with Crippen LogP contribution in [0, 0.1) is 29.1 Å². The molecule has 0 atom stereocenters. The monoisotopic (exact) mass is 613 g/mol. The number of carbonyl (C=O) groups is 2. The second-order valence-corrected chi connectivity index (χ2v) is 14.9. The van der Waals surface area contributed by atoms with Crippen LogP contribution < -0.4 is 5.32 Å². The molecule has 8 heteroatoms. The summed E-state index contributed by atoms with van der Waals surface area (Å²) in [5, 5.41) is 3.45. The van der Waals surface area contributed by atoms with E-state index in [1.807, 2.05) is 20.8 Å². The first-order chi connectivity index (χ1) is 20.2. The fourth-order valence-electron chi connectivity index (χ4n) is 5.75. The number of nitrogens with zero attached hydrogens (tertiary/aromatic N) is 1. The summed E-state index contributed by atoms with van der Waals surface area (Å²) in [5.41, 5.74) is -0.529. The molecule has 2 fully saturated rings. The Kier molecular flexibility index (Phi) is 19.9. The average Bonchev–Trinajstić information content (AvgIpc) is 2.92. The van der Waals surface area contributed by atoms with Gasteiger partial charge in [0.25, 0.3) is 0 Å². The average molecular weight is 613 g/mol. The first-order valence-corrected chi connectivity index (χ1v) is 17.2. The van der Waals surface area contributed by atoms with E-state index in [4.69, 9.17) is 18.9 Å². The normalized spacial score (nSPS) is 17.6. The Bertz CT molecular complexity index is 729. The third kappa shape index (κ3) is 21.2. The lowest BCUT2D eigenvalue weighted by Crippen LogP contribution is -2.35. The Hall–Kier alpha value is -1.22. The summed E-state index contributed by atoms with van der Waals surface area (Å²) in [6, 6.07) is 0. The molecule has 2 aliphatic rings. The topological polar surface area (TPSA) is 86.3 Å². The molecule has 254 valence electrons. The predicted molar refractivity (Wildman–Crippen MR) is 175 cm³/mol. The molecular weight excluding hydrogens is 544 g/mol. The molecule has 0 aliphatic carbocycles. The molecule has 2 heterocycles. The van der Waals surface area contributed by atoms with Crippen LogP contribution in [0.4, 0.5) is 0 Å². The molecule has 43 heavy (non-hydrogen) atoms. The van der Waals surface area contributed by atoms with E-state index in [9.17, 15) is 9.59 Å². The van der Waals surface area contributed by atoms with Gasteiger partial charge in [0.05, 0.1) is 25.0 Å². The van der Waals surface area contributed by atoms with Crippen LogP contribution >= 0.6 is 0 Å². The molecule has 0 spiro atoms.